The van der Waals surface area contributed by atoms with Crippen LogP contribution in [-0.2, 0) is 20.7 Å². The van der Waals surface area contributed by atoms with Gasteiger partial charge in [-0.15, -0.1) is 0 Å². The Bertz CT molecular complexity index is 878. The number of anilines is 2. The van der Waals surface area contributed by atoms with Crippen molar-refractivity contribution in [1.29, 1.82) is 0 Å². The SMILES string of the molecule is CCOC(=O)c1ccccc1N(CC(=O)N1CCc2ccccc21)C(C)=O. The molecule has 2 aromatic carbocycles. The smallest absolute Gasteiger partial charge is 0.340 e. The molecule has 0 unspecified atom stereocenters. The summed E-state index contributed by atoms with van der Waals surface area (Å²) in [6, 6.07) is 14.4. The van der Waals surface area contributed by atoms with E-state index in [9.17, 15) is 14.4 Å². The van der Waals surface area contributed by atoms with Crippen LogP contribution in [0.3, 0.4) is 0 Å². The van der Waals surface area contributed by atoms with Crippen LogP contribution in [0.5, 0.6) is 0 Å². The summed E-state index contributed by atoms with van der Waals surface area (Å²) in [5.41, 5.74) is 2.64. The molecule has 140 valence electrons. The van der Waals surface area contributed by atoms with Gasteiger partial charge in [0.15, 0.2) is 0 Å². The van der Waals surface area contributed by atoms with Gasteiger partial charge in [0.2, 0.25) is 11.8 Å². The van der Waals surface area contributed by atoms with Crippen LogP contribution in [0.15, 0.2) is 48.5 Å². The summed E-state index contributed by atoms with van der Waals surface area (Å²) >= 11 is 0. The van der Waals surface area contributed by atoms with Crippen molar-refractivity contribution in [3.05, 3.63) is 59.7 Å². The van der Waals surface area contributed by atoms with E-state index in [0.717, 1.165) is 17.7 Å². The molecule has 0 saturated heterocycles. The number of carbonyl (C=O) groups excluding carboxylic acids is 3. The first kappa shape index (κ1) is 18.6. The monoisotopic (exact) mass is 366 g/mol. The van der Waals surface area contributed by atoms with Crippen molar-refractivity contribution in [3.63, 3.8) is 0 Å². The number of ether oxygens (including phenoxy) is 1. The van der Waals surface area contributed by atoms with E-state index in [-0.39, 0.29) is 30.5 Å². The number of benzene rings is 2. The molecule has 2 amide bonds. The highest BCUT2D eigenvalue weighted by atomic mass is 16.5. The molecular formula is C21H22N2O4. The fraction of sp³-hybridized carbons (Fsp3) is 0.286. The summed E-state index contributed by atoms with van der Waals surface area (Å²) < 4.78 is 5.08. The van der Waals surface area contributed by atoms with Gasteiger partial charge in [-0.3, -0.25) is 9.59 Å². The number of carbonyl (C=O) groups is 3. The molecule has 0 fully saturated rings. The first-order chi connectivity index (χ1) is 13.0. The number of amides is 2. The van der Waals surface area contributed by atoms with Crippen LogP contribution in [0.1, 0.15) is 29.8 Å². The first-order valence-electron chi connectivity index (χ1n) is 8.95. The molecule has 1 aliphatic heterocycles. The van der Waals surface area contributed by atoms with Crippen LogP contribution in [0.25, 0.3) is 0 Å². The summed E-state index contributed by atoms with van der Waals surface area (Å²) in [6.45, 7) is 3.78. The maximum Gasteiger partial charge on any atom is 0.340 e. The lowest BCUT2D eigenvalue weighted by Gasteiger charge is -2.26. The van der Waals surface area contributed by atoms with Gasteiger partial charge in [-0.05, 0) is 37.1 Å². The molecule has 1 aliphatic rings. The van der Waals surface area contributed by atoms with Gasteiger partial charge in [0.05, 0.1) is 17.9 Å². The molecule has 3 rings (SSSR count). The molecule has 0 aromatic heterocycles. The van der Waals surface area contributed by atoms with E-state index in [1.165, 1.54) is 11.8 Å². The second kappa shape index (κ2) is 8.03. The quantitative estimate of drug-likeness (QED) is 0.763. The largest absolute Gasteiger partial charge is 0.462 e. The molecule has 2 aromatic rings. The first-order valence-corrected chi connectivity index (χ1v) is 8.95. The average molecular weight is 366 g/mol. The Kier molecular flexibility index (Phi) is 5.54. The minimum atomic E-state index is -0.515. The van der Waals surface area contributed by atoms with Crippen molar-refractivity contribution in [2.45, 2.75) is 20.3 Å². The third-order valence-electron chi connectivity index (χ3n) is 4.55. The Morgan fingerprint density at radius 2 is 1.78 bits per heavy atom. The number of rotatable bonds is 5. The van der Waals surface area contributed by atoms with Crippen LogP contribution < -0.4 is 9.80 Å². The number of hydrogen-bond donors (Lipinski definition) is 0. The zero-order chi connectivity index (χ0) is 19.4. The highest BCUT2D eigenvalue weighted by Gasteiger charge is 2.28. The highest BCUT2D eigenvalue weighted by molar-refractivity contribution is 6.07. The zero-order valence-electron chi connectivity index (χ0n) is 15.5. The van der Waals surface area contributed by atoms with Gasteiger partial charge in [-0.25, -0.2) is 4.79 Å². The molecule has 0 aliphatic carbocycles. The van der Waals surface area contributed by atoms with Crippen molar-refractivity contribution in [1.82, 2.24) is 0 Å². The zero-order valence-corrected chi connectivity index (χ0v) is 15.5. The lowest BCUT2D eigenvalue weighted by Crippen LogP contribution is -2.42. The molecular weight excluding hydrogens is 344 g/mol. The molecule has 27 heavy (non-hydrogen) atoms. The fourth-order valence-corrected chi connectivity index (χ4v) is 3.27. The van der Waals surface area contributed by atoms with Crippen LogP contribution in [0, 0.1) is 0 Å². The van der Waals surface area contributed by atoms with Crippen molar-refractivity contribution in [2.24, 2.45) is 0 Å². The molecule has 0 N–H and O–H groups in total. The molecule has 0 bridgehead atoms. The van der Waals surface area contributed by atoms with E-state index < -0.39 is 5.97 Å². The Morgan fingerprint density at radius 3 is 2.52 bits per heavy atom. The minimum absolute atomic E-state index is 0.139. The van der Waals surface area contributed by atoms with Crippen molar-refractivity contribution < 1.29 is 19.1 Å². The topological polar surface area (TPSA) is 66.9 Å². The maximum absolute atomic E-state index is 12.9. The number of fused-ring (bicyclic) bond motifs is 1. The Morgan fingerprint density at radius 1 is 1.07 bits per heavy atom. The van der Waals surface area contributed by atoms with Crippen molar-refractivity contribution in [2.75, 3.05) is 29.5 Å². The van der Waals surface area contributed by atoms with Gasteiger partial charge >= 0.3 is 5.97 Å². The van der Waals surface area contributed by atoms with E-state index >= 15 is 0 Å². The van der Waals surface area contributed by atoms with E-state index in [1.54, 1.807) is 36.1 Å². The Hall–Kier alpha value is -3.15. The maximum atomic E-state index is 12.9. The fourth-order valence-electron chi connectivity index (χ4n) is 3.27. The van der Waals surface area contributed by atoms with E-state index in [4.69, 9.17) is 4.74 Å². The molecule has 0 spiro atoms. The minimum Gasteiger partial charge on any atom is -0.462 e. The molecule has 6 heteroatoms. The van der Waals surface area contributed by atoms with Gasteiger partial charge in [-0.2, -0.15) is 0 Å². The van der Waals surface area contributed by atoms with Gasteiger partial charge in [0, 0.05) is 19.2 Å². The van der Waals surface area contributed by atoms with Gasteiger partial charge < -0.3 is 14.5 Å². The number of hydrogen-bond acceptors (Lipinski definition) is 4. The lowest BCUT2D eigenvalue weighted by atomic mass is 10.1. The summed E-state index contributed by atoms with van der Waals surface area (Å²) in [5, 5.41) is 0. The van der Waals surface area contributed by atoms with Crippen LogP contribution in [-0.4, -0.2) is 37.5 Å². The van der Waals surface area contributed by atoms with Crippen LogP contribution >= 0.6 is 0 Å². The number of para-hydroxylation sites is 2. The molecule has 0 radical (unpaired) electrons. The van der Waals surface area contributed by atoms with Gasteiger partial charge in [0.25, 0.3) is 0 Å². The Labute approximate surface area is 158 Å². The lowest BCUT2D eigenvalue weighted by molar-refractivity contribution is -0.121. The summed E-state index contributed by atoms with van der Waals surface area (Å²) in [5.74, 6) is -1.01. The van der Waals surface area contributed by atoms with Gasteiger partial charge in [0.1, 0.15) is 6.54 Å². The Balaban J connectivity index is 1.87. The predicted molar refractivity (Wildman–Crippen MR) is 103 cm³/mol. The van der Waals surface area contributed by atoms with Crippen LogP contribution in [0.4, 0.5) is 11.4 Å². The van der Waals surface area contributed by atoms with Crippen LogP contribution in [0.2, 0.25) is 0 Å². The number of esters is 1. The average Bonchev–Trinajstić information content (AvgIpc) is 3.10. The summed E-state index contributed by atoms with van der Waals surface area (Å²) in [6.07, 6.45) is 0.793. The van der Waals surface area contributed by atoms with Crippen molar-refractivity contribution >= 4 is 29.2 Å². The molecule has 0 saturated carbocycles. The predicted octanol–water partition coefficient (Wildman–Crippen LogP) is 2.81. The molecule has 0 atom stereocenters. The highest BCUT2D eigenvalue weighted by Crippen LogP contribution is 2.28. The summed E-state index contributed by atoms with van der Waals surface area (Å²) in [7, 11) is 0. The van der Waals surface area contributed by atoms with E-state index in [0.29, 0.717) is 12.2 Å². The summed E-state index contributed by atoms with van der Waals surface area (Å²) in [4.78, 5) is 40.5. The van der Waals surface area contributed by atoms with Crippen molar-refractivity contribution in [3.8, 4) is 0 Å². The van der Waals surface area contributed by atoms with Gasteiger partial charge in [-0.1, -0.05) is 30.3 Å². The standard InChI is InChI=1S/C21H22N2O4/c1-3-27-21(26)17-9-5-7-11-19(17)23(15(2)24)14-20(25)22-13-12-16-8-4-6-10-18(16)22/h4-11H,3,12-14H2,1-2H3. The molecule has 6 nitrogen and oxygen atoms in total. The molecule has 1 heterocycles. The second-order valence-electron chi connectivity index (χ2n) is 6.27. The van der Waals surface area contributed by atoms with E-state index in [2.05, 4.69) is 0 Å². The van der Waals surface area contributed by atoms with E-state index in [1.807, 2.05) is 24.3 Å². The number of nitrogens with zero attached hydrogens (tertiary/aromatic N) is 2. The second-order valence-corrected chi connectivity index (χ2v) is 6.27. The normalized spacial score (nSPS) is 12.4. The third kappa shape index (κ3) is 3.84. The third-order valence-corrected chi connectivity index (χ3v) is 4.55.